The quantitative estimate of drug-likeness (QED) is 0.646. The second-order valence-corrected chi connectivity index (χ2v) is 4.05. The first-order chi connectivity index (χ1) is 6.66. The van der Waals surface area contributed by atoms with Gasteiger partial charge in [-0.05, 0) is 26.0 Å². The molecule has 2 rings (SSSR count). The number of rotatable bonds is 1. The Morgan fingerprint density at radius 1 is 1.21 bits per heavy atom. The molecule has 3 heteroatoms. The van der Waals surface area contributed by atoms with Crippen LogP contribution in [0.2, 0.25) is 0 Å². The smallest absolute Gasteiger partial charge is 0.153 e. The highest BCUT2D eigenvalue weighted by molar-refractivity contribution is 5.87. The van der Waals surface area contributed by atoms with Gasteiger partial charge >= 0.3 is 0 Å². The third kappa shape index (κ3) is 2.05. The summed E-state index contributed by atoms with van der Waals surface area (Å²) in [5.41, 5.74) is 0.868. The maximum Gasteiger partial charge on any atom is 0.153 e. The Bertz CT molecular complexity index is 377. The molecule has 0 bridgehead atoms. The highest BCUT2D eigenvalue weighted by Gasteiger charge is 2.25. The molecule has 1 aliphatic rings. The molecule has 0 aromatic heterocycles. The predicted molar refractivity (Wildman–Crippen MR) is 57.1 cm³/mol. The van der Waals surface area contributed by atoms with Crippen molar-refractivity contribution in [1.29, 1.82) is 0 Å². The Balaban J connectivity index is 2.19. The number of benzene rings is 1. The van der Waals surface area contributed by atoms with Gasteiger partial charge in [-0.2, -0.15) is 5.11 Å². The first-order valence-corrected chi connectivity index (χ1v) is 4.71. The van der Waals surface area contributed by atoms with E-state index in [9.17, 15) is 0 Å². The molecule has 14 heavy (non-hydrogen) atoms. The topological polar surface area (TPSA) is 37.1 Å². The molecule has 0 amide bonds. The zero-order valence-corrected chi connectivity index (χ0v) is 8.44. The average molecular weight is 187 g/mol. The summed E-state index contributed by atoms with van der Waals surface area (Å²) >= 11 is 0. The highest BCUT2D eigenvalue weighted by atomic mass is 15.2. The summed E-state index contributed by atoms with van der Waals surface area (Å²) in [6.07, 6.45) is 0.821. The van der Waals surface area contributed by atoms with Crippen LogP contribution in [0.1, 0.15) is 20.3 Å². The summed E-state index contributed by atoms with van der Waals surface area (Å²) in [5.74, 6) is 0.821. The van der Waals surface area contributed by atoms with Gasteiger partial charge in [0.05, 0.1) is 11.2 Å². The Morgan fingerprint density at radius 3 is 2.50 bits per heavy atom. The molecule has 1 aromatic carbocycles. The van der Waals surface area contributed by atoms with Crippen LogP contribution in [-0.2, 0) is 0 Å². The molecule has 0 spiro atoms. The van der Waals surface area contributed by atoms with Crippen molar-refractivity contribution in [3.05, 3.63) is 30.3 Å². The number of nitrogens with zero attached hydrogens (tertiary/aromatic N) is 3. The van der Waals surface area contributed by atoms with Gasteiger partial charge in [0.25, 0.3) is 0 Å². The van der Waals surface area contributed by atoms with Crippen molar-refractivity contribution in [2.24, 2.45) is 15.2 Å². The molecule has 0 aliphatic carbocycles. The zero-order valence-electron chi connectivity index (χ0n) is 8.44. The van der Waals surface area contributed by atoms with E-state index in [2.05, 4.69) is 29.1 Å². The molecule has 0 saturated heterocycles. The minimum atomic E-state index is -0.0758. The maximum atomic E-state index is 4.41. The van der Waals surface area contributed by atoms with E-state index in [-0.39, 0.29) is 5.54 Å². The summed E-state index contributed by atoms with van der Waals surface area (Å²) in [7, 11) is 0. The van der Waals surface area contributed by atoms with Gasteiger partial charge in [-0.3, -0.25) is 0 Å². The molecular weight excluding hydrogens is 174 g/mol. The van der Waals surface area contributed by atoms with Crippen molar-refractivity contribution in [3.63, 3.8) is 0 Å². The van der Waals surface area contributed by atoms with E-state index in [0.717, 1.165) is 17.9 Å². The second-order valence-electron chi connectivity index (χ2n) is 4.05. The molecule has 0 radical (unpaired) electrons. The molecule has 0 saturated carbocycles. The van der Waals surface area contributed by atoms with Crippen LogP contribution in [0.15, 0.2) is 45.6 Å². The van der Waals surface area contributed by atoms with E-state index in [1.165, 1.54) is 0 Å². The molecule has 3 nitrogen and oxygen atoms in total. The van der Waals surface area contributed by atoms with Crippen LogP contribution in [0, 0.1) is 0 Å². The molecule has 0 unspecified atom stereocenters. The van der Waals surface area contributed by atoms with Crippen molar-refractivity contribution < 1.29 is 0 Å². The fraction of sp³-hybridized carbons (Fsp3) is 0.364. The van der Waals surface area contributed by atoms with Gasteiger partial charge in [-0.25, -0.2) is 4.99 Å². The van der Waals surface area contributed by atoms with Gasteiger partial charge < -0.3 is 0 Å². The Kier molecular flexibility index (Phi) is 2.15. The van der Waals surface area contributed by atoms with Crippen molar-refractivity contribution in [1.82, 2.24) is 0 Å². The van der Waals surface area contributed by atoms with Crippen LogP contribution >= 0.6 is 0 Å². The number of para-hydroxylation sites is 1. The summed E-state index contributed by atoms with van der Waals surface area (Å²) < 4.78 is 0. The van der Waals surface area contributed by atoms with E-state index in [0.29, 0.717) is 0 Å². The van der Waals surface area contributed by atoms with E-state index in [1.807, 2.05) is 30.3 Å². The number of azo groups is 1. The molecule has 1 heterocycles. The van der Waals surface area contributed by atoms with Crippen molar-refractivity contribution in [2.45, 2.75) is 25.8 Å². The van der Waals surface area contributed by atoms with Gasteiger partial charge in [0, 0.05) is 6.42 Å². The number of aliphatic imine (C=N–C) groups is 1. The van der Waals surface area contributed by atoms with Gasteiger partial charge in [-0.15, -0.1) is 5.11 Å². The minimum absolute atomic E-state index is 0.0758. The second kappa shape index (κ2) is 3.33. The van der Waals surface area contributed by atoms with E-state index in [4.69, 9.17) is 0 Å². The third-order valence-electron chi connectivity index (χ3n) is 2.04. The number of hydrogen-bond donors (Lipinski definition) is 0. The van der Waals surface area contributed by atoms with Crippen LogP contribution in [0.4, 0.5) is 5.69 Å². The van der Waals surface area contributed by atoms with Crippen molar-refractivity contribution in [2.75, 3.05) is 0 Å². The van der Waals surface area contributed by atoms with Crippen LogP contribution in [0.5, 0.6) is 0 Å². The number of amidine groups is 1. The van der Waals surface area contributed by atoms with E-state index >= 15 is 0 Å². The first-order valence-electron chi connectivity index (χ1n) is 4.71. The summed E-state index contributed by atoms with van der Waals surface area (Å²) in [6, 6.07) is 9.85. The fourth-order valence-corrected chi connectivity index (χ4v) is 1.36. The van der Waals surface area contributed by atoms with Gasteiger partial charge in [0.15, 0.2) is 5.84 Å². The molecule has 0 atom stereocenters. The van der Waals surface area contributed by atoms with Crippen LogP contribution in [0.3, 0.4) is 0 Å². The lowest BCUT2D eigenvalue weighted by atomic mass is 10.0. The Labute approximate surface area is 83.6 Å². The summed E-state index contributed by atoms with van der Waals surface area (Å²) in [5, 5.41) is 8.20. The Morgan fingerprint density at radius 2 is 1.93 bits per heavy atom. The normalized spacial score (nSPS) is 21.7. The molecule has 72 valence electrons. The maximum absolute atomic E-state index is 4.41. The highest BCUT2D eigenvalue weighted by Crippen LogP contribution is 2.24. The molecule has 0 fully saturated rings. The minimum Gasteiger partial charge on any atom is -0.232 e. The van der Waals surface area contributed by atoms with Crippen LogP contribution < -0.4 is 0 Å². The SMILES string of the molecule is CC1(C)CC(=Nc2ccccc2)N=N1. The fourth-order valence-electron chi connectivity index (χ4n) is 1.36. The summed E-state index contributed by atoms with van der Waals surface area (Å²) in [6.45, 7) is 4.12. The monoisotopic (exact) mass is 187 g/mol. The lowest BCUT2D eigenvalue weighted by Gasteiger charge is -2.07. The van der Waals surface area contributed by atoms with Crippen molar-refractivity contribution >= 4 is 11.5 Å². The standard InChI is InChI=1S/C11H13N3/c1-11(2)8-10(13-14-11)12-9-6-4-3-5-7-9/h3-7H,8H2,1-2H3. The Hall–Kier alpha value is -1.51. The zero-order chi connectivity index (χ0) is 10.0. The summed E-state index contributed by atoms with van der Waals surface area (Å²) in [4.78, 5) is 4.41. The molecule has 1 aliphatic heterocycles. The first kappa shape index (κ1) is 9.06. The van der Waals surface area contributed by atoms with Gasteiger partial charge in [0.1, 0.15) is 0 Å². The molecular formula is C11H13N3. The molecule has 1 aromatic rings. The lowest BCUT2D eigenvalue weighted by molar-refractivity contribution is 0.551. The third-order valence-corrected chi connectivity index (χ3v) is 2.04. The van der Waals surface area contributed by atoms with Crippen molar-refractivity contribution in [3.8, 4) is 0 Å². The van der Waals surface area contributed by atoms with E-state index < -0.39 is 0 Å². The van der Waals surface area contributed by atoms with E-state index in [1.54, 1.807) is 0 Å². The van der Waals surface area contributed by atoms with Gasteiger partial charge in [0.2, 0.25) is 0 Å². The average Bonchev–Trinajstić information content (AvgIpc) is 2.47. The van der Waals surface area contributed by atoms with Crippen LogP contribution in [-0.4, -0.2) is 11.4 Å². The predicted octanol–water partition coefficient (Wildman–Crippen LogP) is 3.35. The molecule has 0 N–H and O–H groups in total. The largest absolute Gasteiger partial charge is 0.232 e. The van der Waals surface area contributed by atoms with Gasteiger partial charge in [-0.1, -0.05) is 18.2 Å². The lowest BCUT2D eigenvalue weighted by Crippen LogP contribution is -2.13. The number of hydrogen-bond acceptors (Lipinski definition) is 2. The van der Waals surface area contributed by atoms with Crippen LogP contribution in [0.25, 0.3) is 0 Å².